The number of ether oxygens (including phenoxy) is 1. The Labute approximate surface area is 151 Å². The molecule has 1 fully saturated rings. The molecule has 0 aliphatic carbocycles. The number of carbonyl (C=O) groups is 1. The van der Waals surface area contributed by atoms with Crippen molar-refractivity contribution >= 4 is 28.3 Å². The van der Waals surface area contributed by atoms with Crippen molar-refractivity contribution < 1.29 is 9.53 Å². The number of amides is 1. The van der Waals surface area contributed by atoms with E-state index in [1.54, 1.807) is 13.3 Å². The highest BCUT2D eigenvalue weighted by molar-refractivity contribution is 5.98. The van der Waals surface area contributed by atoms with E-state index in [1.165, 1.54) is 0 Å². The van der Waals surface area contributed by atoms with E-state index in [4.69, 9.17) is 10.5 Å². The molecule has 0 radical (unpaired) electrons. The van der Waals surface area contributed by atoms with Crippen LogP contribution in [0.1, 0.15) is 10.5 Å². The SMILES string of the molecule is COc1ccc2[nH]c(C(=O)N3CCN(c4ncccc4N)CC3)cc2c1. The fourth-order valence-electron chi connectivity index (χ4n) is 3.32. The number of methoxy groups -OCH3 is 1. The summed E-state index contributed by atoms with van der Waals surface area (Å²) < 4.78 is 5.24. The number of carbonyl (C=O) groups excluding carboxylic acids is 1. The molecule has 0 saturated carbocycles. The van der Waals surface area contributed by atoms with Crippen LogP contribution in [-0.2, 0) is 0 Å². The Bertz CT molecular complexity index is 944. The number of nitrogens with one attached hydrogen (secondary N) is 1. The number of nitrogen functional groups attached to an aromatic ring is 1. The van der Waals surface area contributed by atoms with Crippen molar-refractivity contribution in [2.24, 2.45) is 0 Å². The van der Waals surface area contributed by atoms with E-state index in [0.29, 0.717) is 37.6 Å². The molecule has 7 heteroatoms. The van der Waals surface area contributed by atoms with Crippen LogP contribution in [0.3, 0.4) is 0 Å². The Kier molecular flexibility index (Phi) is 4.12. The smallest absolute Gasteiger partial charge is 0.270 e. The maximum atomic E-state index is 12.8. The molecule has 1 saturated heterocycles. The first-order chi connectivity index (χ1) is 12.7. The minimum atomic E-state index is 0.00816. The first-order valence-electron chi connectivity index (χ1n) is 8.57. The fourth-order valence-corrected chi connectivity index (χ4v) is 3.32. The molecule has 3 heterocycles. The van der Waals surface area contributed by atoms with Gasteiger partial charge in [0, 0.05) is 43.3 Å². The lowest BCUT2D eigenvalue weighted by Gasteiger charge is -2.35. The summed E-state index contributed by atoms with van der Waals surface area (Å²) in [6.45, 7) is 2.68. The number of nitrogens with two attached hydrogens (primary N) is 1. The maximum Gasteiger partial charge on any atom is 0.270 e. The van der Waals surface area contributed by atoms with Gasteiger partial charge in [0.2, 0.25) is 0 Å². The summed E-state index contributed by atoms with van der Waals surface area (Å²) in [4.78, 5) is 24.4. The fraction of sp³-hybridized carbons (Fsp3) is 0.263. The van der Waals surface area contributed by atoms with Gasteiger partial charge in [-0.25, -0.2) is 4.98 Å². The zero-order chi connectivity index (χ0) is 18.1. The molecule has 0 atom stereocenters. The average molecular weight is 351 g/mol. The van der Waals surface area contributed by atoms with Crippen LogP contribution in [-0.4, -0.2) is 54.1 Å². The topological polar surface area (TPSA) is 87.5 Å². The van der Waals surface area contributed by atoms with Gasteiger partial charge in [0.05, 0.1) is 12.8 Å². The third-order valence-corrected chi connectivity index (χ3v) is 4.74. The Morgan fingerprint density at radius 1 is 1.19 bits per heavy atom. The van der Waals surface area contributed by atoms with E-state index in [0.717, 1.165) is 22.5 Å². The number of benzene rings is 1. The summed E-state index contributed by atoms with van der Waals surface area (Å²) in [5.74, 6) is 1.57. The molecule has 3 N–H and O–H groups in total. The number of fused-ring (bicyclic) bond motifs is 1. The summed E-state index contributed by atoms with van der Waals surface area (Å²) in [7, 11) is 1.63. The molecule has 1 aliphatic rings. The number of H-pyrrole nitrogens is 1. The van der Waals surface area contributed by atoms with Crippen molar-refractivity contribution in [2.75, 3.05) is 43.9 Å². The number of hydrogen-bond acceptors (Lipinski definition) is 5. The van der Waals surface area contributed by atoms with E-state index >= 15 is 0 Å². The molecule has 0 unspecified atom stereocenters. The van der Waals surface area contributed by atoms with Crippen LogP contribution >= 0.6 is 0 Å². The number of piperazine rings is 1. The van der Waals surface area contributed by atoms with E-state index in [9.17, 15) is 4.79 Å². The van der Waals surface area contributed by atoms with Crippen molar-refractivity contribution in [2.45, 2.75) is 0 Å². The molecular weight excluding hydrogens is 330 g/mol. The number of hydrogen-bond donors (Lipinski definition) is 2. The normalized spacial score (nSPS) is 14.7. The largest absolute Gasteiger partial charge is 0.497 e. The first-order valence-corrected chi connectivity index (χ1v) is 8.57. The summed E-state index contributed by atoms with van der Waals surface area (Å²) in [6.07, 6.45) is 1.74. The number of aromatic nitrogens is 2. The van der Waals surface area contributed by atoms with Crippen LogP contribution in [0, 0.1) is 0 Å². The maximum absolute atomic E-state index is 12.8. The summed E-state index contributed by atoms with van der Waals surface area (Å²) in [6, 6.07) is 11.3. The minimum Gasteiger partial charge on any atom is -0.497 e. The lowest BCUT2D eigenvalue weighted by molar-refractivity contribution is 0.0741. The van der Waals surface area contributed by atoms with Crippen molar-refractivity contribution in [3.8, 4) is 5.75 Å². The van der Waals surface area contributed by atoms with Gasteiger partial charge >= 0.3 is 0 Å². The Morgan fingerprint density at radius 3 is 2.73 bits per heavy atom. The zero-order valence-electron chi connectivity index (χ0n) is 14.6. The molecule has 4 rings (SSSR count). The average Bonchev–Trinajstić information content (AvgIpc) is 3.11. The lowest BCUT2D eigenvalue weighted by atomic mass is 10.2. The molecule has 3 aromatic rings. The second-order valence-electron chi connectivity index (χ2n) is 6.33. The Hall–Kier alpha value is -3.22. The number of pyridine rings is 1. The van der Waals surface area contributed by atoms with Gasteiger partial charge in [-0.05, 0) is 36.4 Å². The van der Waals surface area contributed by atoms with Gasteiger partial charge in [-0.3, -0.25) is 4.79 Å². The molecule has 7 nitrogen and oxygen atoms in total. The monoisotopic (exact) mass is 351 g/mol. The van der Waals surface area contributed by atoms with Gasteiger partial charge in [0.25, 0.3) is 5.91 Å². The van der Waals surface area contributed by atoms with Crippen molar-refractivity contribution in [1.29, 1.82) is 0 Å². The van der Waals surface area contributed by atoms with Crippen LogP contribution in [0.5, 0.6) is 5.75 Å². The molecular formula is C19H21N5O2. The first kappa shape index (κ1) is 16.3. The van der Waals surface area contributed by atoms with Gasteiger partial charge in [0.15, 0.2) is 5.82 Å². The molecule has 0 bridgehead atoms. The highest BCUT2D eigenvalue weighted by Gasteiger charge is 2.24. The zero-order valence-corrected chi connectivity index (χ0v) is 14.6. The number of rotatable bonds is 3. The molecule has 134 valence electrons. The van der Waals surface area contributed by atoms with E-state index in [1.807, 2.05) is 41.3 Å². The number of nitrogens with zero attached hydrogens (tertiary/aromatic N) is 3. The van der Waals surface area contributed by atoms with Crippen LogP contribution in [0.15, 0.2) is 42.6 Å². The third-order valence-electron chi connectivity index (χ3n) is 4.74. The molecule has 26 heavy (non-hydrogen) atoms. The number of aromatic amines is 1. The summed E-state index contributed by atoms with van der Waals surface area (Å²) >= 11 is 0. The van der Waals surface area contributed by atoms with Gasteiger partial charge in [0.1, 0.15) is 11.4 Å². The predicted octanol–water partition coefficient (Wildman–Crippen LogP) is 2.12. The minimum absolute atomic E-state index is 0.00816. The van der Waals surface area contributed by atoms with Crippen molar-refractivity contribution in [3.63, 3.8) is 0 Å². The lowest BCUT2D eigenvalue weighted by Crippen LogP contribution is -2.49. The molecule has 2 aromatic heterocycles. The second kappa shape index (κ2) is 6.59. The van der Waals surface area contributed by atoms with Crippen molar-refractivity contribution in [3.05, 3.63) is 48.3 Å². The third kappa shape index (κ3) is 2.92. The molecule has 1 aliphatic heterocycles. The highest BCUT2D eigenvalue weighted by Crippen LogP contribution is 2.24. The molecule has 0 spiro atoms. The molecule has 1 aromatic carbocycles. The van der Waals surface area contributed by atoms with Crippen LogP contribution in [0.4, 0.5) is 11.5 Å². The highest BCUT2D eigenvalue weighted by atomic mass is 16.5. The Balaban J connectivity index is 1.47. The van der Waals surface area contributed by atoms with E-state index in [-0.39, 0.29) is 5.91 Å². The van der Waals surface area contributed by atoms with E-state index in [2.05, 4.69) is 14.9 Å². The van der Waals surface area contributed by atoms with Gasteiger partial charge in [-0.2, -0.15) is 0 Å². The summed E-state index contributed by atoms with van der Waals surface area (Å²) in [5, 5.41) is 0.965. The summed E-state index contributed by atoms with van der Waals surface area (Å²) in [5.41, 5.74) is 8.19. The Morgan fingerprint density at radius 2 is 2.00 bits per heavy atom. The molecule has 1 amide bonds. The van der Waals surface area contributed by atoms with Gasteiger partial charge in [-0.1, -0.05) is 0 Å². The van der Waals surface area contributed by atoms with Gasteiger partial charge < -0.3 is 25.3 Å². The van der Waals surface area contributed by atoms with Crippen LogP contribution in [0.2, 0.25) is 0 Å². The predicted molar refractivity (Wildman–Crippen MR) is 102 cm³/mol. The van der Waals surface area contributed by atoms with Crippen LogP contribution < -0.4 is 15.4 Å². The standard InChI is InChI=1S/C19H21N5O2/c1-26-14-4-5-16-13(11-14)12-17(22-16)19(25)24-9-7-23(8-10-24)18-15(20)3-2-6-21-18/h2-6,11-12,22H,7-10,20H2,1H3. The second-order valence-corrected chi connectivity index (χ2v) is 6.33. The van der Waals surface area contributed by atoms with Gasteiger partial charge in [-0.15, -0.1) is 0 Å². The quantitative estimate of drug-likeness (QED) is 0.755. The van der Waals surface area contributed by atoms with Crippen molar-refractivity contribution in [1.82, 2.24) is 14.9 Å². The van der Waals surface area contributed by atoms with Crippen LogP contribution in [0.25, 0.3) is 10.9 Å². The van der Waals surface area contributed by atoms with E-state index < -0.39 is 0 Å². The number of anilines is 2.